The second kappa shape index (κ2) is 7.68. The lowest BCUT2D eigenvalue weighted by atomic mass is 10.1. The Morgan fingerprint density at radius 2 is 2.00 bits per heavy atom. The molecule has 1 N–H and O–H groups in total. The third-order valence-corrected chi connectivity index (χ3v) is 4.41. The molecule has 2 unspecified atom stereocenters. The summed E-state index contributed by atoms with van der Waals surface area (Å²) in [6.07, 6.45) is 6.39. The van der Waals surface area contributed by atoms with E-state index >= 15 is 0 Å². The third-order valence-electron chi connectivity index (χ3n) is 4.41. The summed E-state index contributed by atoms with van der Waals surface area (Å²) >= 11 is 0. The van der Waals surface area contributed by atoms with Crippen LogP contribution in [-0.4, -0.2) is 25.2 Å². The summed E-state index contributed by atoms with van der Waals surface area (Å²) in [5, 5.41) is 3.69. The summed E-state index contributed by atoms with van der Waals surface area (Å²) in [6, 6.07) is 10.1. The Kier molecular flexibility index (Phi) is 5.90. The molecule has 1 aromatic rings. The Labute approximate surface area is 124 Å². The number of benzene rings is 1. The van der Waals surface area contributed by atoms with Gasteiger partial charge in [-0.05, 0) is 51.2 Å². The van der Waals surface area contributed by atoms with Gasteiger partial charge in [-0.3, -0.25) is 0 Å². The van der Waals surface area contributed by atoms with Crippen LogP contribution in [0.25, 0.3) is 0 Å². The van der Waals surface area contributed by atoms with Crippen LogP contribution in [0.4, 0.5) is 5.69 Å². The number of aryl methyl sites for hydroxylation is 1. The predicted molar refractivity (Wildman–Crippen MR) is 88.6 cm³/mol. The molecule has 2 nitrogen and oxygen atoms in total. The van der Waals surface area contributed by atoms with Crippen LogP contribution in [0.5, 0.6) is 0 Å². The molecule has 0 fully saturated rings. The lowest BCUT2D eigenvalue weighted by Gasteiger charge is -2.32. The first-order valence-corrected chi connectivity index (χ1v) is 8.30. The smallest absolute Gasteiger partial charge is 0.0401 e. The summed E-state index contributed by atoms with van der Waals surface area (Å²) < 4.78 is 0. The minimum absolute atomic E-state index is 0.563. The number of rotatable bonds is 6. The molecule has 0 amide bonds. The molecule has 2 rings (SSSR count). The van der Waals surface area contributed by atoms with E-state index in [9.17, 15) is 0 Å². The maximum absolute atomic E-state index is 3.69. The molecule has 0 aromatic heterocycles. The molecule has 112 valence electrons. The zero-order valence-corrected chi connectivity index (χ0v) is 13.4. The highest BCUT2D eigenvalue weighted by atomic mass is 15.2. The van der Waals surface area contributed by atoms with Crippen LogP contribution >= 0.6 is 0 Å². The lowest BCUT2D eigenvalue weighted by molar-refractivity contribution is 0.471. The number of nitrogens with one attached hydrogen (secondary N) is 1. The average molecular weight is 274 g/mol. The summed E-state index contributed by atoms with van der Waals surface area (Å²) in [4.78, 5) is 2.61. The summed E-state index contributed by atoms with van der Waals surface area (Å²) in [7, 11) is 0. The molecule has 20 heavy (non-hydrogen) atoms. The Bertz CT molecular complexity index is 402. The minimum Gasteiger partial charge on any atom is -0.367 e. The standard InChI is InChI=1S/C18H30N2/c1-4-9-15(2)19-14-16(3)20-13-8-7-11-17-10-5-6-12-18(17)20/h5-6,10,12,15-16,19H,4,7-9,11,13-14H2,1-3H3. The van der Waals surface area contributed by atoms with E-state index in [1.54, 1.807) is 0 Å². The Balaban J connectivity index is 2.00. The Hall–Kier alpha value is -1.02. The van der Waals surface area contributed by atoms with Crippen LogP contribution < -0.4 is 10.2 Å². The molecule has 1 aliphatic heterocycles. The van der Waals surface area contributed by atoms with Crippen molar-refractivity contribution in [2.24, 2.45) is 0 Å². The fourth-order valence-electron chi connectivity index (χ4n) is 3.20. The molecule has 0 spiro atoms. The van der Waals surface area contributed by atoms with Crippen molar-refractivity contribution in [2.45, 2.75) is 65.0 Å². The zero-order valence-electron chi connectivity index (χ0n) is 13.4. The molecule has 2 atom stereocenters. The van der Waals surface area contributed by atoms with E-state index in [0.717, 1.165) is 6.54 Å². The number of nitrogens with zero attached hydrogens (tertiary/aromatic N) is 1. The van der Waals surface area contributed by atoms with Gasteiger partial charge in [0.1, 0.15) is 0 Å². The number of fused-ring (bicyclic) bond motifs is 1. The van der Waals surface area contributed by atoms with Crippen molar-refractivity contribution >= 4 is 5.69 Å². The van der Waals surface area contributed by atoms with Gasteiger partial charge in [-0.15, -0.1) is 0 Å². The van der Waals surface area contributed by atoms with Crippen molar-refractivity contribution in [3.05, 3.63) is 29.8 Å². The number of anilines is 1. The molecule has 0 radical (unpaired) electrons. The highest BCUT2D eigenvalue weighted by molar-refractivity contribution is 5.55. The molecule has 0 aliphatic carbocycles. The van der Waals surface area contributed by atoms with Crippen molar-refractivity contribution < 1.29 is 0 Å². The normalized spacial score (nSPS) is 18.2. The molecular weight excluding hydrogens is 244 g/mol. The molecule has 2 heteroatoms. The van der Waals surface area contributed by atoms with Gasteiger partial charge in [-0.1, -0.05) is 31.5 Å². The second-order valence-corrected chi connectivity index (χ2v) is 6.23. The molecular formula is C18H30N2. The first kappa shape index (κ1) is 15.4. The molecule has 0 saturated carbocycles. The number of hydrogen-bond acceptors (Lipinski definition) is 2. The quantitative estimate of drug-likeness (QED) is 0.843. The first-order valence-electron chi connectivity index (χ1n) is 8.30. The van der Waals surface area contributed by atoms with Gasteiger partial charge >= 0.3 is 0 Å². The van der Waals surface area contributed by atoms with Gasteiger partial charge in [0.2, 0.25) is 0 Å². The van der Waals surface area contributed by atoms with Gasteiger partial charge in [0.25, 0.3) is 0 Å². The maximum Gasteiger partial charge on any atom is 0.0401 e. The van der Waals surface area contributed by atoms with E-state index in [0.29, 0.717) is 12.1 Å². The van der Waals surface area contributed by atoms with Crippen molar-refractivity contribution in [3.63, 3.8) is 0 Å². The molecule has 1 heterocycles. The fourth-order valence-corrected chi connectivity index (χ4v) is 3.20. The van der Waals surface area contributed by atoms with Crippen LogP contribution in [0.15, 0.2) is 24.3 Å². The second-order valence-electron chi connectivity index (χ2n) is 6.23. The molecule has 0 saturated heterocycles. The van der Waals surface area contributed by atoms with Gasteiger partial charge < -0.3 is 10.2 Å². The lowest BCUT2D eigenvalue weighted by Crippen LogP contribution is -2.43. The van der Waals surface area contributed by atoms with Gasteiger partial charge in [-0.2, -0.15) is 0 Å². The first-order chi connectivity index (χ1) is 9.72. The topological polar surface area (TPSA) is 15.3 Å². The molecule has 0 bridgehead atoms. The van der Waals surface area contributed by atoms with Gasteiger partial charge in [0.05, 0.1) is 0 Å². The van der Waals surface area contributed by atoms with Crippen molar-refractivity contribution in [1.29, 1.82) is 0 Å². The van der Waals surface area contributed by atoms with Gasteiger partial charge in [0.15, 0.2) is 0 Å². The van der Waals surface area contributed by atoms with Crippen molar-refractivity contribution in [2.75, 3.05) is 18.0 Å². The van der Waals surface area contributed by atoms with Crippen LogP contribution in [0.2, 0.25) is 0 Å². The largest absolute Gasteiger partial charge is 0.367 e. The molecule has 1 aromatic carbocycles. The SMILES string of the molecule is CCCC(C)NCC(C)N1CCCCc2ccccc21. The molecule has 1 aliphatic rings. The van der Waals surface area contributed by atoms with E-state index in [-0.39, 0.29) is 0 Å². The van der Waals surface area contributed by atoms with Gasteiger partial charge in [-0.25, -0.2) is 0 Å². The Morgan fingerprint density at radius 3 is 2.80 bits per heavy atom. The third kappa shape index (κ3) is 3.99. The monoisotopic (exact) mass is 274 g/mol. The van der Waals surface area contributed by atoms with Crippen LogP contribution in [0.3, 0.4) is 0 Å². The number of hydrogen-bond donors (Lipinski definition) is 1. The zero-order chi connectivity index (χ0) is 14.4. The van der Waals surface area contributed by atoms with E-state index in [4.69, 9.17) is 0 Å². The predicted octanol–water partition coefficient (Wildman–Crippen LogP) is 4.00. The summed E-state index contributed by atoms with van der Waals surface area (Å²) in [5.74, 6) is 0. The highest BCUT2D eigenvalue weighted by Crippen LogP contribution is 2.27. The van der Waals surface area contributed by atoms with Crippen molar-refractivity contribution in [1.82, 2.24) is 5.32 Å². The number of para-hydroxylation sites is 1. The minimum atomic E-state index is 0.563. The summed E-state index contributed by atoms with van der Waals surface area (Å²) in [5.41, 5.74) is 2.99. The highest BCUT2D eigenvalue weighted by Gasteiger charge is 2.19. The fraction of sp³-hybridized carbons (Fsp3) is 0.667. The maximum atomic E-state index is 3.69. The Morgan fingerprint density at radius 1 is 1.20 bits per heavy atom. The van der Waals surface area contributed by atoms with Gasteiger partial charge in [0, 0.05) is 30.9 Å². The summed E-state index contributed by atoms with van der Waals surface area (Å²) in [6.45, 7) is 9.19. The van der Waals surface area contributed by atoms with Crippen molar-refractivity contribution in [3.8, 4) is 0 Å². The van der Waals surface area contributed by atoms with Crippen LogP contribution in [-0.2, 0) is 6.42 Å². The van der Waals surface area contributed by atoms with Crippen LogP contribution in [0, 0.1) is 0 Å². The van der Waals surface area contributed by atoms with E-state index in [1.165, 1.54) is 49.9 Å². The average Bonchev–Trinajstić information content (AvgIpc) is 2.67. The van der Waals surface area contributed by atoms with E-state index < -0.39 is 0 Å². The van der Waals surface area contributed by atoms with E-state index in [1.807, 2.05) is 0 Å². The van der Waals surface area contributed by atoms with E-state index in [2.05, 4.69) is 55.3 Å². The van der Waals surface area contributed by atoms with Crippen LogP contribution in [0.1, 0.15) is 52.0 Å².